The summed E-state index contributed by atoms with van der Waals surface area (Å²) in [6, 6.07) is 9.96. The SMILES string of the molecule is CC1C[C@@H](C)CC(N2[C@@H]3CCC[C@H]2CC(n2c(=O)c(N4CC=C(P(C)(=O)O)CC4)nc4ccccc42)C3)C[C@@H](C)C1. The van der Waals surface area contributed by atoms with Crippen molar-refractivity contribution in [3.63, 3.8) is 0 Å². The van der Waals surface area contributed by atoms with Crippen molar-refractivity contribution >= 4 is 24.2 Å². The fourth-order valence-corrected chi connectivity index (χ4v) is 10.00. The maximum atomic E-state index is 14.3. The Balaban J connectivity index is 1.32. The van der Waals surface area contributed by atoms with Gasteiger partial charge in [0.2, 0.25) is 7.37 Å². The molecule has 0 spiro atoms. The molecule has 0 radical (unpaired) electrons. The lowest BCUT2D eigenvalue weighted by Crippen LogP contribution is -2.58. The molecule has 8 atom stereocenters. The topological polar surface area (TPSA) is 78.7 Å². The minimum atomic E-state index is -3.26. The zero-order valence-electron chi connectivity index (χ0n) is 25.4. The second-order valence-corrected chi connectivity index (χ2v) is 16.4. The summed E-state index contributed by atoms with van der Waals surface area (Å²) in [6.45, 7) is 9.74. The fourth-order valence-electron chi connectivity index (χ4n) is 9.06. The van der Waals surface area contributed by atoms with Crippen molar-refractivity contribution in [1.29, 1.82) is 0 Å². The van der Waals surface area contributed by atoms with Crippen LogP contribution in [0.4, 0.5) is 5.82 Å². The highest BCUT2D eigenvalue weighted by Crippen LogP contribution is 2.48. The lowest BCUT2D eigenvalue weighted by atomic mass is 9.75. The van der Waals surface area contributed by atoms with Gasteiger partial charge in [-0.1, -0.05) is 45.4 Å². The van der Waals surface area contributed by atoms with Gasteiger partial charge >= 0.3 is 0 Å². The maximum Gasteiger partial charge on any atom is 0.294 e. The van der Waals surface area contributed by atoms with E-state index in [1.807, 2.05) is 29.2 Å². The van der Waals surface area contributed by atoms with Crippen LogP contribution < -0.4 is 10.5 Å². The van der Waals surface area contributed by atoms with Gasteiger partial charge < -0.3 is 14.4 Å². The summed E-state index contributed by atoms with van der Waals surface area (Å²) in [5.41, 5.74) is 1.77. The Bertz CT molecular complexity index is 1370. The van der Waals surface area contributed by atoms with Crippen molar-refractivity contribution in [2.24, 2.45) is 17.8 Å². The Morgan fingerprint density at radius 3 is 2.12 bits per heavy atom. The maximum absolute atomic E-state index is 14.3. The third-order valence-corrected chi connectivity index (χ3v) is 12.0. The molecular weight excluding hydrogens is 531 g/mol. The van der Waals surface area contributed by atoms with Crippen LogP contribution in [-0.4, -0.2) is 57.2 Å². The van der Waals surface area contributed by atoms with Gasteiger partial charge in [-0.15, -0.1) is 0 Å². The smallest absolute Gasteiger partial charge is 0.294 e. The first-order chi connectivity index (χ1) is 19.6. The first-order valence-corrected chi connectivity index (χ1v) is 18.2. The number of aromatic nitrogens is 2. The van der Waals surface area contributed by atoms with E-state index in [1.165, 1.54) is 51.6 Å². The number of para-hydroxylation sites is 2. The van der Waals surface area contributed by atoms with Crippen molar-refractivity contribution in [1.82, 2.24) is 14.5 Å². The summed E-state index contributed by atoms with van der Waals surface area (Å²) in [4.78, 5) is 34.1. The van der Waals surface area contributed by atoms with Crippen molar-refractivity contribution in [2.45, 2.75) is 109 Å². The number of benzene rings is 1. The Kier molecular flexibility index (Phi) is 8.26. The highest BCUT2D eigenvalue weighted by molar-refractivity contribution is 7.61. The van der Waals surface area contributed by atoms with E-state index >= 15 is 0 Å². The second-order valence-electron chi connectivity index (χ2n) is 14.1. The molecule has 2 aromatic rings. The fraction of sp³-hybridized carbons (Fsp3) is 0.697. The zero-order chi connectivity index (χ0) is 28.9. The molecule has 4 aliphatic rings. The number of nitrogens with zero attached hydrogens (tertiary/aromatic N) is 4. The summed E-state index contributed by atoms with van der Waals surface area (Å²) in [7, 11) is -3.26. The zero-order valence-corrected chi connectivity index (χ0v) is 26.3. The number of hydrogen-bond acceptors (Lipinski definition) is 5. The van der Waals surface area contributed by atoms with Crippen LogP contribution in [-0.2, 0) is 4.57 Å². The molecule has 1 aromatic heterocycles. The van der Waals surface area contributed by atoms with E-state index in [9.17, 15) is 14.3 Å². The molecule has 2 saturated heterocycles. The van der Waals surface area contributed by atoms with Crippen molar-refractivity contribution in [2.75, 3.05) is 24.7 Å². The molecule has 1 N–H and O–H groups in total. The van der Waals surface area contributed by atoms with Gasteiger partial charge in [-0.25, -0.2) is 4.98 Å². The number of fused-ring (bicyclic) bond motifs is 3. The summed E-state index contributed by atoms with van der Waals surface area (Å²) >= 11 is 0. The molecule has 0 amide bonds. The molecule has 4 unspecified atom stereocenters. The van der Waals surface area contributed by atoms with Crippen molar-refractivity contribution in [3.8, 4) is 0 Å². The van der Waals surface area contributed by atoms with Gasteiger partial charge in [-0.05, 0) is 87.7 Å². The molecule has 1 saturated carbocycles. The van der Waals surface area contributed by atoms with Crippen molar-refractivity contribution < 1.29 is 9.46 Å². The summed E-state index contributed by atoms with van der Waals surface area (Å²) in [6.07, 6.45) is 13.4. The molecule has 6 rings (SSSR count). The quantitative estimate of drug-likeness (QED) is 0.401. The largest absolute Gasteiger partial charge is 0.348 e. The molecule has 224 valence electrons. The average Bonchev–Trinajstić information content (AvgIpc) is 2.90. The summed E-state index contributed by atoms with van der Waals surface area (Å²) in [5, 5.41) is 0.599. The third-order valence-electron chi connectivity index (χ3n) is 10.5. The van der Waals surface area contributed by atoms with E-state index in [4.69, 9.17) is 4.98 Å². The Morgan fingerprint density at radius 2 is 1.51 bits per heavy atom. The molecule has 41 heavy (non-hydrogen) atoms. The molecule has 1 aliphatic carbocycles. The number of piperidine rings is 2. The minimum absolute atomic E-state index is 0.0112. The second kappa shape index (κ2) is 11.6. The molecule has 2 bridgehead atoms. The van der Waals surface area contributed by atoms with E-state index in [2.05, 4.69) is 36.3 Å². The first kappa shape index (κ1) is 29.1. The lowest BCUT2D eigenvalue weighted by Gasteiger charge is -2.54. The first-order valence-electron chi connectivity index (χ1n) is 16.1. The molecule has 3 fully saturated rings. The van der Waals surface area contributed by atoms with Crippen molar-refractivity contribution in [3.05, 3.63) is 46.0 Å². The van der Waals surface area contributed by atoms with Gasteiger partial charge in [-0.3, -0.25) is 14.3 Å². The standard InChI is InChI=1S/C33H49N4O3P/c1-22-16-23(2)18-27(19-24(3)17-22)36-25-8-7-9-26(36)21-28(20-25)37-31-11-6-5-10-30(31)34-32(33(37)38)35-14-12-29(13-15-35)41(4,39)40/h5-6,10-12,22-28H,7-9,13-21H2,1-4H3,(H,39,40)/t22?,23-,24+,25-,26+,27?,28?. The van der Waals surface area contributed by atoms with Crippen LogP contribution >= 0.6 is 7.37 Å². The van der Waals surface area contributed by atoms with Crippen LogP contribution in [0.15, 0.2) is 40.5 Å². The van der Waals surface area contributed by atoms with E-state index in [1.54, 1.807) is 0 Å². The molecular formula is C33H49N4O3P. The molecule has 4 heterocycles. The van der Waals surface area contributed by atoms with Crippen LogP contribution in [0.2, 0.25) is 0 Å². The highest BCUT2D eigenvalue weighted by Gasteiger charge is 2.44. The lowest BCUT2D eigenvalue weighted by molar-refractivity contribution is -0.0347. The Labute approximate surface area is 245 Å². The molecule has 3 aliphatic heterocycles. The molecule has 1 aromatic carbocycles. The third kappa shape index (κ3) is 5.96. The minimum Gasteiger partial charge on any atom is -0.348 e. The molecule has 8 heteroatoms. The van der Waals surface area contributed by atoms with Gasteiger partial charge in [0.05, 0.1) is 11.0 Å². The van der Waals surface area contributed by atoms with E-state index in [-0.39, 0.29) is 11.6 Å². The van der Waals surface area contributed by atoms with Gasteiger partial charge in [0, 0.05) is 49.2 Å². The van der Waals surface area contributed by atoms with E-state index < -0.39 is 7.37 Å². The van der Waals surface area contributed by atoms with Gasteiger partial charge in [0.25, 0.3) is 5.56 Å². The van der Waals surface area contributed by atoms with Crippen LogP contribution in [0.3, 0.4) is 0 Å². The van der Waals surface area contributed by atoms with Crippen LogP contribution in [0, 0.1) is 17.8 Å². The Hall–Kier alpha value is -1.95. The predicted molar refractivity (Wildman–Crippen MR) is 168 cm³/mol. The Morgan fingerprint density at radius 1 is 0.878 bits per heavy atom. The predicted octanol–water partition coefficient (Wildman–Crippen LogP) is 6.80. The molecule has 7 nitrogen and oxygen atoms in total. The highest BCUT2D eigenvalue weighted by atomic mass is 31.2. The van der Waals surface area contributed by atoms with Crippen LogP contribution in [0.25, 0.3) is 11.0 Å². The number of anilines is 1. The van der Waals surface area contributed by atoms with E-state index in [0.717, 1.165) is 41.6 Å². The van der Waals surface area contributed by atoms with Crippen LogP contribution in [0.1, 0.15) is 91.0 Å². The normalized spacial score (nSPS) is 34.9. The number of rotatable bonds is 4. The van der Waals surface area contributed by atoms with E-state index in [0.29, 0.717) is 48.8 Å². The monoisotopic (exact) mass is 580 g/mol. The van der Waals surface area contributed by atoms with Gasteiger partial charge in [-0.2, -0.15) is 0 Å². The summed E-state index contributed by atoms with van der Waals surface area (Å²) < 4.78 is 14.3. The summed E-state index contributed by atoms with van der Waals surface area (Å²) in [5.74, 6) is 2.83. The van der Waals surface area contributed by atoms with Crippen LogP contribution in [0.5, 0.6) is 0 Å². The van der Waals surface area contributed by atoms with Gasteiger partial charge in [0.15, 0.2) is 5.82 Å². The average molecular weight is 581 g/mol. The number of hydrogen-bond donors (Lipinski definition) is 1. The van der Waals surface area contributed by atoms with Gasteiger partial charge in [0.1, 0.15) is 0 Å².